The zero-order chi connectivity index (χ0) is 14.5. The van der Waals surface area contributed by atoms with Gasteiger partial charge in [0.05, 0.1) is 15.2 Å². The summed E-state index contributed by atoms with van der Waals surface area (Å²) in [7, 11) is 0. The Kier molecular flexibility index (Phi) is 4.98. The highest BCUT2D eigenvalue weighted by molar-refractivity contribution is 9.10. The molecule has 0 aliphatic heterocycles. The third-order valence-electron chi connectivity index (χ3n) is 2.40. The van der Waals surface area contributed by atoms with E-state index in [1.807, 2.05) is 0 Å². The molecule has 0 aromatic heterocycles. The van der Waals surface area contributed by atoms with Crippen molar-refractivity contribution in [2.75, 3.05) is 11.9 Å². The Labute approximate surface area is 128 Å². The van der Waals surface area contributed by atoms with Crippen molar-refractivity contribution < 1.29 is 13.9 Å². The topological polar surface area (TPSA) is 38.3 Å². The molecule has 0 saturated carbocycles. The predicted octanol–water partition coefficient (Wildman–Crippen LogP) is 4.26. The normalized spacial score (nSPS) is 10.2. The van der Waals surface area contributed by atoms with E-state index in [2.05, 4.69) is 21.2 Å². The minimum atomic E-state index is -0.435. The summed E-state index contributed by atoms with van der Waals surface area (Å²) in [5.41, 5.74) is 0.501. The molecule has 0 fully saturated rings. The van der Waals surface area contributed by atoms with Crippen molar-refractivity contribution in [3.63, 3.8) is 0 Å². The molecule has 2 aromatic carbocycles. The highest BCUT2D eigenvalue weighted by Crippen LogP contribution is 2.25. The Morgan fingerprint density at radius 2 is 2.05 bits per heavy atom. The maximum Gasteiger partial charge on any atom is 0.262 e. The number of ether oxygens (including phenoxy) is 1. The van der Waals surface area contributed by atoms with E-state index in [1.165, 1.54) is 18.2 Å². The summed E-state index contributed by atoms with van der Waals surface area (Å²) in [5.74, 6) is -0.553. The van der Waals surface area contributed by atoms with E-state index in [4.69, 9.17) is 16.3 Å². The van der Waals surface area contributed by atoms with Gasteiger partial charge < -0.3 is 10.1 Å². The summed E-state index contributed by atoms with van der Waals surface area (Å²) >= 11 is 9.13. The Morgan fingerprint density at radius 1 is 1.30 bits per heavy atom. The van der Waals surface area contributed by atoms with E-state index in [0.717, 1.165) is 0 Å². The van der Waals surface area contributed by atoms with Gasteiger partial charge in [0, 0.05) is 6.07 Å². The Morgan fingerprint density at radius 3 is 2.80 bits per heavy atom. The lowest BCUT2D eigenvalue weighted by molar-refractivity contribution is -0.118. The quantitative estimate of drug-likeness (QED) is 0.887. The van der Waals surface area contributed by atoms with Crippen LogP contribution in [0.15, 0.2) is 46.9 Å². The van der Waals surface area contributed by atoms with E-state index < -0.39 is 5.82 Å². The molecule has 0 spiro atoms. The highest BCUT2D eigenvalue weighted by atomic mass is 79.9. The van der Waals surface area contributed by atoms with Gasteiger partial charge in [0.25, 0.3) is 5.91 Å². The van der Waals surface area contributed by atoms with Crippen LogP contribution >= 0.6 is 27.5 Å². The Bertz CT molecular complexity index is 636. The molecule has 0 saturated heterocycles. The lowest BCUT2D eigenvalue weighted by Crippen LogP contribution is -2.20. The van der Waals surface area contributed by atoms with Crippen molar-refractivity contribution in [3.05, 3.63) is 57.8 Å². The van der Waals surface area contributed by atoms with Gasteiger partial charge in [0.15, 0.2) is 6.61 Å². The number of carbonyl (C=O) groups excluding carboxylic acids is 1. The summed E-state index contributed by atoms with van der Waals surface area (Å²) in [6, 6.07) is 10.9. The monoisotopic (exact) mass is 357 g/mol. The molecule has 0 aliphatic carbocycles. The van der Waals surface area contributed by atoms with Crippen molar-refractivity contribution in [1.29, 1.82) is 0 Å². The van der Waals surface area contributed by atoms with Gasteiger partial charge in [-0.1, -0.05) is 23.7 Å². The Hall–Kier alpha value is -1.59. The molecule has 0 bridgehead atoms. The highest BCUT2D eigenvalue weighted by Gasteiger charge is 2.08. The van der Waals surface area contributed by atoms with Crippen LogP contribution in [0.3, 0.4) is 0 Å². The van der Waals surface area contributed by atoms with Crippen LogP contribution in [-0.2, 0) is 4.79 Å². The average Bonchev–Trinajstić information content (AvgIpc) is 2.42. The number of benzene rings is 2. The zero-order valence-corrected chi connectivity index (χ0v) is 12.5. The summed E-state index contributed by atoms with van der Waals surface area (Å²) < 4.78 is 18.9. The first kappa shape index (κ1) is 14.8. The van der Waals surface area contributed by atoms with Gasteiger partial charge in [0.1, 0.15) is 11.6 Å². The number of nitrogens with one attached hydrogen (secondary N) is 1. The third-order valence-corrected chi connectivity index (χ3v) is 3.38. The van der Waals surface area contributed by atoms with Crippen LogP contribution in [0.4, 0.5) is 10.1 Å². The van der Waals surface area contributed by atoms with Crippen LogP contribution in [0.1, 0.15) is 0 Å². The SMILES string of the molecule is O=C(COc1cc(F)ccc1Br)Nc1ccccc1Cl. The fraction of sp³-hybridized carbons (Fsp3) is 0.0714. The zero-order valence-electron chi connectivity index (χ0n) is 10.2. The van der Waals surface area contributed by atoms with Crippen LogP contribution in [0, 0.1) is 5.82 Å². The molecule has 2 aromatic rings. The number of carbonyl (C=O) groups is 1. The van der Waals surface area contributed by atoms with Crippen molar-refractivity contribution in [3.8, 4) is 5.75 Å². The number of anilines is 1. The molecule has 20 heavy (non-hydrogen) atoms. The smallest absolute Gasteiger partial charge is 0.262 e. The van der Waals surface area contributed by atoms with Gasteiger partial charge in [0.2, 0.25) is 0 Å². The first-order valence-corrected chi connectivity index (χ1v) is 6.85. The van der Waals surface area contributed by atoms with Crippen LogP contribution < -0.4 is 10.1 Å². The fourth-order valence-electron chi connectivity index (χ4n) is 1.48. The maximum absolute atomic E-state index is 13.1. The summed E-state index contributed by atoms with van der Waals surface area (Å²) in [5, 5.41) is 3.05. The number of hydrogen-bond acceptors (Lipinski definition) is 2. The molecule has 0 aliphatic rings. The molecule has 1 N–H and O–H groups in total. The van der Waals surface area contributed by atoms with Crippen LogP contribution in [0.2, 0.25) is 5.02 Å². The molecule has 0 radical (unpaired) electrons. The number of para-hydroxylation sites is 1. The van der Waals surface area contributed by atoms with E-state index in [9.17, 15) is 9.18 Å². The molecular formula is C14H10BrClFNO2. The molecule has 3 nitrogen and oxygen atoms in total. The molecule has 2 rings (SSSR count). The minimum absolute atomic E-state index is 0.243. The van der Waals surface area contributed by atoms with Crippen LogP contribution in [0.5, 0.6) is 5.75 Å². The number of amides is 1. The van der Waals surface area contributed by atoms with Gasteiger partial charge in [-0.15, -0.1) is 0 Å². The minimum Gasteiger partial charge on any atom is -0.482 e. The van der Waals surface area contributed by atoms with Gasteiger partial charge in [-0.3, -0.25) is 4.79 Å². The maximum atomic E-state index is 13.1. The van der Waals surface area contributed by atoms with Crippen LogP contribution in [0.25, 0.3) is 0 Å². The lowest BCUT2D eigenvalue weighted by atomic mass is 10.3. The second-order valence-electron chi connectivity index (χ2n) is 3.89. The summed E-state index contributed by atoms with van der Waals surface area (Å²) in [6.07, 6.45) is 0. The molecule has 104 valence electrons. The standard InChI is InChI=1S/C14H10BrClFNO2/c15-10-6-5-9(17)7-13(10)20-8-14(19)18-12-4-2-1-3-11(12)16/h1-7H,8H2,(H,18,19). The number of halogens is 3. The Balaban J connectivity index is 1.96. The largest absolute Gasteiger partial charge is 0.482 e. The van der Waals surface area contributed by atoms with Crippen molar-refractivity contribution in [2.45, 2.75) is 0 Å². The number of rotatable bonds is 4. The van der Waals surface area contributed by atoms with Gasteiger partial charge in [-0.25, -0.2) is 4.39 Å². The van der Waals surface area contributed by atoms with Crippen LogP contribution in [-0.4, -0.2) is 12.5 Å². The van der Waals surface area contributed by atoms with E-state index in [0.29, 0.717) is 15.2 Å². The first-order chi connectivity index (χ1) is 9.56. The van der Waals surface area contributed by atoms with Crippen molar-refractivity contribution >= 4 is 39.1 Å². The van der Waals surface area contributed by atoms with E-state index in [1.54, 1.807) is 24.3 Å². The molecule has 0 atom stereocenters. The number of hydrogen-bond donors (Lipinski definition) is 1. The van der Waals surface area contributed by atoms with Gasteiger partial charge in [-0.05, 0) is 40.2 Å². The van der Waals surface area contributed by atoms with Crippen molar-refractivity contribution in [1.82, 2.24) is 0 Å². The van der Waals surface area contributed by atoms with Gasteiger partial charge >= 0.3 is 0 Å². The van der Waals surface area contributed by atoms with E-state index in [-0.39, 0.29) is 18.3 Å². The second kappa shape index (κ2) is 6.72. The van der Waals surface area contributed by atoms with Crippen molar-refractivity contribution in [2.24, 2.45) is 0 Å². The molecule has 0 unspecified atom stereocenters. The lowest BCUT2D eigenvalue weighted by Gasteiger charge is -2.09. The third kappa shape index (κ3) is 3.95. The predicted molar refractivity (Wildman–Crippen MR) is 79.7 cm³/mol. The first-order valence-electron chi connectivity index (χ1n) is 5.68. The van der Waals surface area contributed by atoms with E-state index >= 15 is 0 Å². The van der Waals surface area contributed by atoms with Gasteiger partial charge in [-0.2, -0.15) is 0 Å². The molecular weight excluding hydrogens is 349 g/mol. The average molecular weight is 359 g/mol. The summed E-state index contributed by atoms with van der Waals surface area (Å²) in [6.45, 7) is -0.243. The second-order valence-corrected chi connectivity index (χ2v) is 5.15. The summed E-state index contributed by atoms with van der Waals surface area (Å²) in [4.78, 5) is 11.7. The molecule has 6 heteroatoms. The fourth-order valence-corrected chi connectivity index (χ4v) is 2.02. The molecule has 1 amide bonds. The molecule has 0 heterocycles.